The van der Waals surface area contributed by atoms with Crippen LogP contribution in [0.25, 0.3) is 32.8 Å². The van der Waals surface area contributed by atoms with Crippen LogP contribution >= 0.6 is 11.6 Å². The monoisotopic (exact) mass is 806 g/mol. The Morgan fingerprint density at radius 1 is 0.965 bits per heavy atom. The number of hydrogen-bond donors (Lipinski definition) is 3. The van der Waals surface area contributed by atoms with Gasteiger partial charge in [0, 0.05) is 78.0 Å². The molecule has 0 radical (unpaired) electrons. The van der Waals surface area contributed by atoms with E-state index in [0.717, 1.165) is 7.11 Å². The van der Waals surface area contributed by atoms with E-state index < -0.39 is 47.2 Å². The summed E-state index contributed by atoms with van der Waals surface area (Å²) in [5.74, 6) is -2.86. The third-order valence-electron chi connectivity index (χ3n) is 10.3. The molecule has 3 aromatic carbocycles. The summed E-state index contributed by atoms with van der Waals surface area (Å²) in [6.45, 7) is 1.66. The molecular formula is C39H34ClF3N6O8. The van der Waals surface area contributed by atoms with Crippen molar-refractivity contribution in [3.8, 4) is 11.5 Å². The molecule has 3 aromatic heterocycles. The zero-order valence-electron chi connectivity index (χ0n) is 30.6. The van der Waals surface area contributed by atoms with Gasteiger partial charge in [-0.3, -0.25) is 9.59 Å². The first-order valence-electron chi connectivity index (χ1n) is 17.7. The minimum absolute atomic E-state index is 0.0736. The molecular weight excluding hydrogens is 773 g/mol. The van der Waals surface area contributed by atoms with Gasteiger partial charge in [0.05, 0.1) is 31.0 Å². The standard InChI is InChI=1S/C39H34ClF3N6O8/c1-47-8-10-48(11-9-47)38(53)57-28-16-26-30(31-32(37(52)55-3)34(39(41,42)43)46-33(28)31)21(17-40)18-49(26)36(51)25-14-19-12-22(4-6-24(19)45-25)44-35(50)29-15-20-13-23(54-2)5-7-27(20)56-29/h4-7,12-16,21,45-46H,8-11,17-18H2,1-3H3,(H,44,50)/t21-/m1/s1. The van der Waals surface area contributed by atoms with Gasteiger partial charge in [0.1, 0.15) is 22.7 Å². The number of anilines is 2. The fraction of sp³-hybridized carbons (Fsp3) is 0.282. The Hall–Kier alpha value is -6.20. The second-order valence-electron chi connectivity index (χ2n) is 13.8. The molecule has 296 valence electrons. The number of halogens is 4. The number of H-pyrrole nitrogens is 2. The molecule has 0 saturated carbocycles. The van der Waals surface area contributed by atoms with Crippen LogP contribution in [-0.4, -0.2) is 104 Å². The lowest BCUT2D eigenvalue weighted by molar-refractivity contribution is -0.141. The van der Waals surface area contributed by atoms with E-state index in [9.17, 15) is 32.3 Å². The predicted octanol–water partition coefficient (Wildman–Crippen LogP) is 7.19. The molecule has 14 nitrogen and oxygen atoms in total. The van der Waals surface area contributed by atoms with Gasteiger partial charge in [0.15, 0.2) is 11.5 Å². The van der Waals surface area contributed by atoms with Crippen molar-refractivity contribution >= 4 is 79.6 Å². The van der Waals surface area contributed by atoms with E-state index >= 15 is 0 Å². The maximum absolute atomic E-state index is 14.5. The van der Waals surface area contributed by atoms with Crippen LogP contribution in [0.3, 0.4) is 0 Å². The maximum atomic E-state index is 14.5. The topological polar surface area (TPSA) is 162 Å². The van der Waals surface area contributed by atoms with Crippen molar-refractivity contribution < 1.29 is 51.0 Å². The number of piperazine rings is 1. The molecule has 0 aliphatic carbocycles. The maximum Gasteiger partial charge on any atom is 0.432 e. The number of nitrogens with one attached hydrogen (secondary N) is 3. The number of amides is 3. The number of hydrogen-bond acceptors (Lipinski definition) is 9. The summed E-state index contributed by atoms with van der Waals surface area (Å²) in [5, 5.41) is 3.83. The number of carbonyl (C=O) groups is 4. The molecule has 8 rings (SSSR count). The summed E-state index contributed by atoms with van der Waals surface area (Å²) in [6, 6.07) is 14.6. The zero-order valence-corrected chi connectivity index (χ0v) is 31.4. The number of rotatable bonds is 7. The van der Waals surface area contributed by atoms with E-state index in [1.807, 2.05) is 11.9 Å². The van der Waals surface area contributed by atoms with Crippen LogP contribution in [0.5, 0.6) is 11.5 Å². The van der Waals surface area contributed by atoms with Gasteiger partial charge in [0.25, 0.3) is 11.8 Å². The number of carbonyl (C=O) groups excluding carboxylic acids is 4. The third-order valence-corrected chi connectivity index (χ3v) is 10.7. The highest BCUT2D eigenvalue weighted by atomic mass is 35.5. The number of nitrogens with zero attached hydrogens (tertiary/aromatic N) is 3. The lowest BCUT2D eigenvalue weighted by atomic mass is 9.95. The number of aromatic amines is 2. The van der Waals surface area contributed by atoms with Crippen LogP contribution in [0.4, 0.5) is 29.3 Å². The minimum Gasteiger partial charge on any atom is -0.497 e. The van der Waals surface area contributed by atoms with Gasteiger partial charge in [-0.25, -0.2) is 9.59 Å². The predicted molar refractivity (Wildman–Crippen MR) is 204 cm³/mol. The molecule has 3 amide bonds. The smallest absolute Gasteiger partial charge is 0.432 e. The summed E-state index contributed by atoms with van der Waals surface area (Å²) >= 11 is 6.42. The second kappa shape index (κ2) is 14.4. The van der Waals surface area contributed by atoms with E-state index in [4.69, 9.17) is 30.2 Å². The molecule has 2 aliphatic heterocycles. The normalized spacial score (nSPS) is 16.0. The largest absolute Gasteiger partial charge is 0.497 e. The first-order chi connectivity index (χ1) is 27.3. The van der Waals surface area contributed by atoms with Gasteiger partial charge >= 0.3 is 18.2 Å². The van der Waals surface area contributed by atoms with Crippen molar-refractivity contribution in [2.24, 2.45) is 0 Å². The third kappa shape index (κ3) is 6.75. The van der Waals surface area contributed by atoms with Crippen molar-refractivity contribution in [2.45, 2.75) is 12.1 Å². The zero-order chi connectivity index (χ0) is 40.3. The number of likely N-dealkylation sites (N-methyl/N-ethyl adjacent to an activating group) is 1. The van der Waals surface area contributed by atoms with Gasteiger partial charge in [0.2, 0.25) is 0 Å². The lowest BCUT2D eigenvalue weighted by Gasteiger charge is -2.31. The van der Waals surface area contributed by atoms with Gasteiger partial charge in [-0.2, -0.15) is 13.2 Å². The van der Waals surface area contributed by atoms with Gasteiger partial charge in [-0.15, -0.1) is 11.6 Å². The van der Waals surface area contributed by atoms with Gasteiger partial charge in [-0.1, -0.05) is 0 Å². The number of fused-ring (bicyclic) bond motifs is 5. The van der Waals surface area contributed by atoms with Crippen LogP contribution in [0.2, 0.25) is 0 Å². The average molecular weight is 807 g/mol. The Bertz CT molecular complexity index is 2610. The van der Waals surface area contributed by atoms with Crippen molar-refractivity contribution in [1.29, 1.82) is 0 Å². The number of esters is 1. The van der Waals surface area contributed by atoms with Crippen molar-refractivity contribution in [1.82, 2.24) is 19.8 Å². The summed E-state index contributed by atoms with van der Waals surface area (Å²) in [4.78, 5) is 64.1. The molecule has 2 aliphatic rings. The Morgan fingerprint density at radius 3 is 2.44 bits per heavy atom. The highest BCUT2D eigenvalue weighted by Gasteiger charge is 2.44. The van der Waals surface area contributed by atoms with E-state index in [-0.39, 0.29) is 51.8 Å². The van der Waals surface area contributed by atoms with E-state index in [0.29, 0.717) is 59.5 Å². The molecule has 3 N–H and O–H groups in total. The van der Waals surface area contributed by atoms with Crippen molar-refractivity contribution in [3.63, 3.8) is 0 Å². The molecule has 0 spiro atoms. The molecule has 0 unspecified atom stereocenters. The first-order valence-corrected chi connectivity index (χ1v) is 18.2. The molecule has 5 heterocycles. The van der Waals surface area contributed by atoms with Gasteiger partial charge < -0.3 is 48.6 Å². The summed E-state index contributed by atoms with van der Waals surface area (Å²) in [7, 11) is 4.38. The summed E-state index contributed by atoms with van der Waals surface area (Å²) in [6.07, 6.45) is -5.85. The molecule has 0 bridgehead atoms. The van der Waals surface area contributed by atoms with Crippen LogP contribution in [0.15, 0.2) is 59.0 Å². The Morgan fingerprint density at radius 2 is 1.74 bits per heavy atom. The van der Waals surface area contributed by atoms with Crippen LogP contribution in [0.1, 0.15) is 48.6 Å². The summed E-state index contributed by atoms with van der Waals surface area (Å²) < 4.78 is 65.1. The Kier molecular flexibility index (Phi) is 9.52. The van der Waals surface area contributed by atoms with E-state index in [2.05, 4.69) is 15.3 Å². The summed E-state index contributed by atoms with van der Waals surface area (Å²) in [5.41, 5.74) is -0.623. The number of alkyl halides is 4. The molecule has 6 aromatic rings. The number of ether oxygens (including phenoxy) is 3. The average Bonchev–Trinajstić information content (AvgIpc) is 3.99. The van der Waals surface area contributed by atoms with Crippen LogP contribution < -0.4 is 19.7 Å². The van der Waals surface area contributed by atoms with Crippen LogP contribution in [-0.2, 0) is 10.9 Å². The number of aromatic nitrogens is 2. The highest BCUT2D eigenvalue weighted by Crippen LogP contribution is 2.50. The SMILES string of the molecule is COC(=O)c1c(C(F)(F)F)[nH]c2c(OC(=O)N3CCN(C)CC3)cc3c(c12)[C@H](CCl)CN3C(=O)c1cc2cc(NC(=O)c3cc4cc(OC)ccc4o3)ccc2[nH]1. The van der Waals surface area contributed by atoms with E-state index in [1.54, 1.807) is 48.5 Å². The van der Waals surface area contributed by atoms with Gasteiger partial charge in [-0.05, 0) is 61.1 Å². The Labute approximate surface area is 326 Å². The fourth-order valence-corrected chi connectivity index (χ4v) is 7.64. The first kappa shape index (κ1) is 37.7. The fourth-order valence-electron chi connectivity index (χ4n) is 7.39. The second-order valence-corrected chi connectivity index (χ2v) is 14.1. The van der Waals surface area contributed by atoms with Crippen LogP contribution in [0, 0.1) is 0 Å². The number of methoxy groups -OCH3 is 2. The number of furan rings is 1. The molecule has 1 atom stereocenters. The highest BCUT2D eigenvalue weighted by molar-refractivity contribution is 6.20. The lowest BCUT2D eigenvalue weighted by Crippen LogP contribution is -2.48. The minimum atomic E-state index is -5.04. The molecule has 57 heavy (non-hydrogen) atoms. The van der Waals surface area contributed by atoms with Crippen molar-refractivity contribution in [2.75, 3.05) is 70.1 Å². The molecule has 1 saturated heterocycles. The Balaban J connectivity index is 1.16. The quantitative estimate of drug-likeness (QED) is 0.112. The molecule has 1 fully saturated rings. The van der Waals surface area contributed by atoms with Crippen molar-refractivity contribution in [3.05, 3.63) is 82.9 Å². The van der Waals surface area contributed by atoms with E-state index in [1.165, 1.54) is 23.0 Å². The number of benzene rings is 3. The molecule has 18 heteroatoms.